The number of aromatic nitrogens is 4. The molecule has 1 saturated heterocycles. The number of anilines is 1. The van der Waals surface area contributed by atoms with Gasteiger partial charge >= 0.3 is 6.18 Å². The zero-order valence-corrected chi connectivity index (χ0v) is 16.1. The Morgan fingerprint density at radius 1 is 1.11 bits per heavy atom. The number of fused-ring (bicyclic) bond motifs is 1. The number of alkyl halides is 3. The number of nitrogens with zero attached hydrogens (tertiary/aromatic N) is 6. The van der Waals surface area contributed by atoms with E-state index in [4.69, 9.17) is 0 Å². The first-order valence-electron chi connectivity index (χ1n) is 9.39. The molecule has 3 heterocycles. The fraction of sp³-hybridized carbons (Fsp3) is 0.647. The Hall–Kier alpha value is -2.17. The molecule has 1 fully saturated rings. The van der Waals surface area contributed by atoms with Crippen LogP contribution < -0.4 is 4.90 Å². The van der Waals surface area contributed by atoms with Crippen LogP contribution in [0.3, 0.4) is 0 Å². The molecule has 0 unspecified atom stereocenters. The predicted octanol–water partition coefficient (Wildman–Crippen LogP) is 2.37. The van der Waals surface area contributed by atoms with E-state index in [2.05, 4.69) is 15.3 Å². The summed E-state index contributed by atoms with van der Waals surface area (Å²) in [6, 6.07) is 0. The fourth-order valence-electron chi connectivity index (χ4n) is 3.71. The monoisotopic (exact) mass is 414 g/mol. The number of halogens is 3. The van der Waals surface area contributed by atoms with Crippen molar-refractivity contribution in [2.45, 2.75) is 44.8 Å². The molecule has 2 aromatic heterocycles. The lowest BCUT2D eigenvalue weighted by Crippen LogP contribution is -2.49. The summed E-state index contributed by atoms with van der Waals surface area (Å²) < 4.78 is 40.0. The summed E-state index contributed by atoms with van der Waals surface area (Å²) >= 11 is 0.541. The van der Waals surface area contributed by atoms with Gasteiger partial charge in [0, 0.05) is 44.8 Å². The number of rotatable bonds is 4. The smallest absolute Gasteiger partial charge is 0.343 e. The van der Waals surface area contributed by atoms with Crippen LogP contribution in [-0.4, -0.2) is 57.0 Å². The first-order chi connectivity index (χ1) is 13.4. The number of carbonyl (C=O) groups excluding carboxylic acids is 1. The maximum atomic E-state index is 12.7. The zero-order valence-electron chi connectivity index (χ0n) is 15.3. The summed E-state index contributed by atoms with van der Waals surface area (Å²) in [5, 5.41) is 10.6. The van der Waals surface area contributed by atoms with Gasteiger partial charge in [-0.05, 0) is 31.2 Å². The molecule has 0 radical (unpaired) electrons. The summed E-state index contributed by atoms with van der Waals surface area (Å²) in [6.07, 6.45) is 2.26. The Bertz CT molecular complexity index is 840. The molecule has 11 heteroatoms. The summed E-state index contributed by atoms with van der Waals surface area (Å²) in [4.78, 5) is 16.0. The molecular formula is C17H21F3N6OS. The average Bonchev–Trinajstić information content (AvgIpc) is 3.34. The molecule has 152 valence electrons. The SMILES string of the molecule is O=C(CCn1ncc2c1CCCC2)N1CCN(c2nnc(C(F)(F)F)s2)CC1. The quantitative estimate of drug-likeness (QED) is 0.769. The van der Waals surface area contributed by atoms with E-state index in [1.807, 2.05) is 10.9 Å². The van der Waals surface area contributed by atoms with Gasteiger partial charge in [-0.3, -0.25) is 9.48 Å². The van der Waals surface area contributed by atoms with E-state index in [9.17, 15) is 18.0 Å². The molecule has 0 bridgehead atoms. The van der Waals surface area contributed by atoms with Crippen molar-refractivity contribution in [1.82, 2.24) is 24.9 Å². The molecule has 1 amide bonds. The van der Waals surface area contributed by atoms with E-state index in [1.54, 1.807) is 9.80 Å². The molecule has 0 saturated carbocycles. The van der Waals surface area contributed by atoms with Crippen LogP contribution in [0.2, 0.25) is 0 Å². The standard InChI is InChI=1S/C17H21F3N6OS/c18-17(19,20)15-22-23-16(28-15)25-9-7-24(8-10-25)14(27)5-6-26-13-4-2-1-3-12(13)11-21-26/h11H,1-10H2. The highest BCUT2D eigenvalue weighted by atomic mass is 32.1. The molecule has 2 aromatic rings. The Kier molecular flexibility index (Phi) is 5.26. The second-order valence-corrected chi connectivity index (χ2v) is 8.01. The molecule has 1 aliphatic carbocycles. The maximum absolute atomic E-state index is 12.7. The lowest BCUT2D eigenvalue weighted by atomic mass is 9.98. The van der Waals surface area contributed by atoms with E-state index in [1.165, 1.54) is 17.7 Å². The Morgan fingerprint density at radius 2 is 1.86 bits per heavy atom. The number of piperazine rings is 1. The van der Waals surface area contributed by atoms with Gasteiger partial charge in [0.1, 0.15) is 0 Å². The third kappa shape index (κ3) is 3.98. The van der Waals surface area contributed by atoms with E-state index in [-0.39, 0.29) is 11.0 Å². The first kappa shape index (κ1) is 19.2. The van der Waals surface area contributed by atoms with Crippen molar-refractivity contribution in [3.8, 4) is 0 Å². The molecule has 7 nitrogen and oxygen atoms in total. The van der Waals surface area contributed by atoms with Gasteiger partial charge in [0.15, 0.2) is 0 Å². The van der Waals surface area contributed by atoms with Gasteiger partial charge in [0.05, 0.1) is 6.20 Å². The van der Waals surface area contributed by atoms with Gasteiger partial charge in [-0.2, -0.15) is 18.3 Å². The van der Waals surface area contributed by atoms with E-state index in [0.29, 0.717) is 50.5 Å². The predicted molar refractivity (Wildman–Crippen MR) is 97.2 cm³/mol. The van der Waals surface area contributed by atoms with Crippen LogP contribution in [-0.2, 0) is 30.4 Å². The van der Waals surface area contributed by atoms with Crippen LogP contribution in [0, 0.1) is 0 Å². The fourth-order valence-corrected chi connectivity index (χ4v) is 4.48. The summed E-state index contributed by atoms with van der Waals surface area (Å²) in [5.74, 6) is 0.0490. The van der Waals surface area contributed by atoms with Crippen LogP contribution in [0.15, 0.2) is 6.20 Å². The highest BCUT2D eigenvalue weighted by molar-refractivity contribution is 7.15. The van der Waals surface area contributed by atoms with Gasteiger partial charge in [-0.25, -0.2) is 0 Å². The van der Waals surface area contributed by atoms with Crippen molar-refractivity contribution in [3.63, 3.8) is 0 Å². The molecular weight excluding hydrogens is 393 g/mol. The largest absolute Gasteiger partial charge is 0.445 e. The summed E-state index contributed by atoms with van der Waals surface area (Å²) in [7, 11) is 0. The maximum Gasteiger partial charge on any atom is 0.445 e. The molecule has 0 atom stereocenters. The van der Waals surface area contributed by atoms with Crippen molar-refractivity contribution in [1.29, 1.82) is 0 Å². The van der Waals surface area contributed by atoms with Crippen molar-refractivity contribution in [2.75, 3.05) is 31.1 Å². The lowest BCUT2D eigenvalue weighted by molar-refractivity contribution is -0.138. The minimum absolute atomic E-state index is 0.0490. The van der Waals surface area contributed by atoms with Gasteiger partial charge in [-0.1, -0.05) is 11.3 Å². The second kappa shape index (κ2) is 7.69. The highest BCUT2D eigenvalue weighted by Crippen LogP contribution is 2.34. The summed E-state index contributed by atoms with van der Waals surface area (Å²) in [6.45, 7) is 2.42. The van der Waals surface area contributed by atoms with Crippen molar-refractivity contribution < 1.29 is 18.0 Å². The topological polar surface area (TPSA) is 67.2 Å². The van der Waals surface area contributed by atoms with Crippen LogP contribution in [0.1, 0.15) is 35.5 Å². The van der Waals surface area contributed by atoms with Crippen molar-refractivity contribution in [2.24, 2.45) is 0 Å². The van der Waals surface area contributed by atoms with Crippen LogP contribution in [0.25, 0.3) is 0 Å². The zero-order chi connectivity index (χ0) is 19.7. The van der Waals surface area contributed by atoms with Crippen LogP contribution in [0.5, 0.6) is 0 Å². The minimum atomic E-state index is -4.47. The molecule has 2 aliphatic rings. The highest BCUT2D eigenvalue weighted by Gasteiger charge is 2.36. The lowest BCUT2D eigenvalue weighted by Gasteiger charge is -2.34. The third-order valence-electron chi connectivity index (χ3n) is 5.24. The molecule has 0 spiro atoms. The van der Waals surface area contributed by atoms with E-state index >= 15 is 0 Å². The number of amides is 1. The van der Waals surface area contributed by atoms with Crippen molar-refractivity contribution in [3.05, 3.63) is 22.5 Å². The van der Waals surface area contributed by atoms with Gasteiger partial charge < -0.3 is 9.80 Å². The van der Waals surface area contributed by atoms with Gasteiger partial charge in [0.2, 0.25) is 16.0 Å². The normalized spacial score (nSPS) is 17.7. The number of hydrogen-bond acceptors (Lipinski definition) is 6. The van der Waals surface area contributed by atoms with Crippen LogP contribution >= 0.6 is 11.3 Å². The van der Waals surface area contributed by atoms with Gasteiger partial charge in [0.25, 0.3) is 0 Å². The van der Waals surface area contributed by atoms with E-state index < -0.39 is 11.2 Å². The third-order valence-corrected chi connectivity index (χ3v) is 6.27. The van der Waals surface area contributed by atoms with E-state index in [0.717, 1.165) is 19.3 Å². The first-order valence-corrected chi connectivity index (χ1v) is 10.2. The number of carbonyl (C=O) groups is 1. The minimum Gasteiger partial charge on any atom is -0.343 e. The molecule has 1 aliphatic heterocycles. The molecule has 0 aromatic carbocycles. The Morgan fingerprint density at radius 3 is 2.57 bits per heavy atom. The Balaban J connectivity index is 1.28. The molecule has 0 N–H and O–H groups in total. The van der Waals surface area contributed by atoms with Crippen molar-refractivity contribution >= 4 is 22.4 Å². The van der Waals surface area contributed by atoms with Gasteiger partial charge in [-0.15, -0.1) is 10.2 Å². The summed E-state index contributed by atoms with van der Waals surface area (Å²) in [5.41, 5.74) is 2.54. The molecule has 4 rings (SSSR count). The Labute approximate surface area is 164 Å². The average molecular weight is 414 g/mol. The number of hydrogen-bond donors (Lipinski definition) is 0. The molecule has 28 heavy (non-hydrogen) atoms. The van der Waals surface area contributed by atoms with Crippen LogP contribution in [0.4, 0.5) is 18.3 Å². The second-order valence-electron chi connectivity index (χ2n) is 7.05. The number of aryl methyl sites for hydroxylation is 2.